The minimum atomic E-state index is -0.160. The highest BCUT2D eigenvalue weighted by Crippen LogP contribution is 2.14. The summed E-state index contributed by atoms with van der Waals surface area (Å²) in [6, 6.07) is 0. The molecule has 1 fully saturated rings. The Bertz CT molecular complexity index is 124. The maximum Gasteiger partial charge on any atom is 0.189 e. The summed E-state index contributed by atoms with van der Waals surface area (Å²) in [5.41, 5.74) is 3.70. The lowest BCUT2D eigenvalue weighted by molar-refractivity contribution is -0.483. The van der Waals surface area contributed by atoms with Crippen LogP contribution in [0.1, 0.15) is 19.8 Å². The van der Waals surface area contributed by atoms with Crippen molar-refractivity contribution >= 4 is 5.78 Å². The number of ether oxygens (including phenoxy) is 1. The molecule has 0 aromatic carbocycles. The van der Waals surface area contributed by atoms with Crippen molar-refractivity contribution in [3.63, 3.8) is 0 Å². The van der Waals surface area contributed by atoms with Gasteiger partial charge in [0.1, 0.15) is 6.10 Å². The largest absolute Gasteiger partial charge is 0.332 e. The van der Waals surface area contributed by atoms with E-state index in [0.29, 0.717) is 0 Å². The lowest BCUT2D eigenvalue weighted by Gasteiger charge is -2.02. The van der Waals surface area contributed by atoms with E-state index in [1.807, 2.05) is 0 Å². The summed E-state index contributed by atoms with van der Waals surface area (Å²) in [6.07, 6.45) is 1.65. The minimum Gasteiger partial charge on any atom is -0.332 e. The third-order valence-corrected chi connectivity index (χ3v) is 1.56. The molecule has 0 aromatic rings. The van der Waals surface area contributed by atoms with Gasteiger partial charge < -0.3 is 10.5 Å². The van der Waals surface area contributed by atoms with Crippen molar-refractivity contribution in [2.75, 3.05) is 0 Å². The highest BCUT2D eigenvalue weighted by molar-refractivity contribution is 5.80. The fourth-order valence-electron chi connectivity index (χ4n) is 1.00. The SMILES string of the molecule is CC(=O)C1CCC([NH3+])O1. The lowest BCUT2D eigenvalue weighted by Crippen LogP contribution is -2.60. The summed E-state index contributed by atoms with van der Waals surface area (Å²) in [5.74, 6) is 0.126. The number of hydrogen-bond donors (Lipinski definition) is 1. The predicted octanol–water partition coefficient (Wildman–Crippen LogP) is -0.678. The molecule has 0 spiro atoms. The van der Waals surface area contributed by atoms with Crippen LogP contribution in [0.4, 0.5) is 0 Å². The van der Waals surface area contributed by atoms with Crippen LogP contribution in [0.2, 0.25) is 0 Å². The van der Waals surface area contributed by atoms with Crippen LogP contribution in [-0.4, -0.2) is 18.1 Å². The molecule has 1 saturated heterocycles. The molecule has 0 amide bonds. The average Bonchev–Trinajstić information content (AvgIpc) is 2.14. The van der Waals surface area contributed by atoms with Gasteiger partial charge in [-0.3, -0.25) is 4.79 Å². The summed E-state index contributed by atoms with van der Waals surface area (Å²) in [7, 11) is 0. The van der Waals surface area contributed by atoms with E-state index < -0.39 is 0 Å². The molecule has 3 heteroatoms. The van der Waals surface area contributed by atoms with Gasteiger partial charge in [0.25, 0.3) is 0 Å². The Hall–Kier alpha value is -0.410. The molecule has 0 aliphatic carbocycles. The summed E-state index contributed by atoms with van der Waals surface area (Å²) in [5, 5.41) is 0. The number of carbonyl (C=O) groups is 1. The molecule has 2 unspecified atom stereocenters. The summed E-state index contributed by atoms with van der Waals surface area (Å²) < 4.78 is 5.16. The Balaban J connectivity index is 2.39. The fraction of sp³-hybridized carbons (Fsp3) is 0.833. The summed E-state index contributed by atoms with van der Waals surface area (Å²) in [4.78, 5) is 10.6. The Labute approximate surface area is 54.2 Å². The number of carbonyl (C=O) groups excluding carboxylic acids is 1. The average molecular weight is 130 g/mol. The van der Waals surface area contributed by atoms with Gasteiger partial charge in [0, 0.05) is 6.42 Å². The van der Waals surface area contributed by atoms with Crippen LogP contribution in [0.3, 0.4) is 0 Å². The highest BCUT2D eigenvalue weighted by atomic mass is 16.5. The topological polar surface area (TPSA) is 53.9 Å². The summed E-state index contributed by atoms with van der Waals surface area (Å²) >= 11 is 0. The molecular weight excluding hydrogens is 118 g/mol. The molecule has 0 aromatic heterocycles. The van der Waals surface area contributed by atoms with Crippen LogP contribution in [0, 0.1) is 0 Å². The standard InChI is InChI=1S/C6H11NO2/c1-4(8)5-2-3-6(7)9-5/h5-6H,2-3,7H2,1H3/p+1. The fourth-order valence-corrected chi connectivity index (χ4v) is 1.00. The monoisotopic (exact) mass is 130 g/mol. The minimum absolute atomic E-state index is 0.0406. The van der Waals surface area contributed by atoms with Gasteiger partial charge in [-0.25, -0.2) is 0 Å². The first-order valence-electron chi connectivity index (χ1n) is 3.19. The zero-order chi connectivity index (χ0) is 6.85. The number of hydrogen-bond acceptors (Lipinski definition) is 2. The van der Waals surface area contributed by atoms with Crippen LogP contribution in [0.5, 0.6) is 0 Å². The number of Topliss-reactive ketones (excluding diaryl/α,β-unsaturated/α-hetero) is 1. The molecular formula is C6H12NO2+. The van der Waals surface area contributed by atoms with Gasteiger partial charge in [-0.05, 0) is 13.3 Å². The molecule has 1 aliphatic rings. The van der Waals surface area contributed by atoms with Crippen LogP contribution in [0.15, 0.2) is 0 Å². The van der Waals surface area contributed by atoms with E-state index in [9.17, 15) is 4.79 Å². The Morgan fingerprint density at radius 3 is 2.56 bits per heavy atom. The van der Waals surface area contributed by atoms with Crippen molar-refractivity contribution in [3.8, 4) is 0 Å². The molecule has 3 N–H and O–H groups in total. The first kappa shape index (κ1) is 6.71. The molecule has 1 heterocycles. The first-order valence-corrected chi connectivity index (χ1v) is 3.19. The van der Waals surface area contributed by atoms with Crippen molar-refractivity contribution in [3.05, 3.63) is 0 Å². The van der Waals surface area contributed by atoms with Crippen LogP contribution in [-0.2, 0) is 9.53 Å². The van der Waals surface area contributed by atoms with Crippen LogP contribution >= 0.6 is 0 Å². The van der Waals surface area contributed by atoms with E-state index in [0.717, 1.165) is 12.8 Å². The van der Waals surface area contributed by atoms with E-state index in [2.05, 4.69) is 5.73 Å². The predicted molar refractivity (Wildman–Crippen MR) is 31.5 cm³/mol. The smallest absolute Gasteiger partial charge is 0.189 e. The van der Waals surface area contributed by atoms with Gasteiger partial charge in [-0.2, -0.15) is 0 Å². The van der Waals surface area contributed by atoms with Crippen molar-refractivity contribution in [1.29, 1.82) is 0 Å². The second-order valence-corrected chi connectivity index (χ2v) is 2.43. The normalized spacial score (nSPS) is 34.9. The maximum absolute atomic E-state index is 10.6. The number of ketones is 1. The first-order chi connectivity index (χ1) is 4.20. The van der Waals surface area contributed by atoms with Gasteiger partial charge in [0.2, 0.25) is 0 Å². The lowest BCUT2D eigenvalue weighted by atomic mass is 10.2. The van der Waals surface area contributed by atoms with Gasteiger partial charge in [-0.15, -0.1) is 0 Å². The van der Waals surface area contributed by atoms with Crippen molar-refractivity contribution in [2.24, 2.45) is 0 Å². The molecule has 2 atom stereocenters. The third-order valence-electron chi connectivity index (χ3n) is 1.56. The maximum atomic E-state index is 10.6. The van der Waals surface area contributed by atoms with E-state index in [1.54, 1.807) is 6.92 Å². The summed E-state index contributed by atoms with van der Waals surface area (Å²) in [6.45, 7) is 1.56. The van der Waals surface area contributed by atoms with E-state index in [-0.39, 0.29) is 18.1 Å². The van der Waals surface area contributed by atoms with Crippen molar-refractivity contribution in [2.45, 2.75) is 32.1 Å². The van der Waals surface area contributed by atoms with E-state index >= 15 is 0 Å². The molecule has 1 rings (SSSR count). The van der Waals surface area contributed by atoms with Crippen LogP contribution in [0.25, 0.3) is 0 Å². The molecule has 0 bridgehead atoms. The molecule has 0 saturated carbocycles. The van der Waals surface area contributed by atoms with Gasteiger partial charge in [0.05, 0.1) is 0 Å². The highest BCUT2D eigenvalue weighted by Gasteiger charge is 2.27. The molecule has 3 nitrogen and oxygen atoms in total. The number of rotatable bonds is 1. The van der Waals surface area contributed by atoms with Gasteiger partial charge in [0.15, 0.2) is 12.0 Å². The second-order valence-electron chi connectivity index (χ2n) is 2.43. The molecule has 52 valence electrons. The zero-order valence-corrected chi connectivity index (χ0v) is 5.59. The second kappa shape index (κ2) is 2.45. The molecule has 1 aliphatic heterocycles. The van der Waals surface area contributed by atoms with Crippen molar-refractivity contribution in [1.82, 2.24) is 0 Å². The quantitative estimate of drug-likeness (QED) is 0.511. The molecule has 9 heavy (non-hydrogen) atoms. The zero-order valence-electron chi connectivity index (χ0n) is 5.59. The van der Waals surface area contributed by atoms with Gasteiger partial charge in [-0.1, -0.05) is 0 Å². The van der Waals surface area contributed by atoms with Gasteiger partial charge >= 0.3 is 0 Å². The Morgan fingerprint density at radius 2 is 2.33 bits per heavy atom. The number of quaternary nitrogens is 1. The van der Waals surface area contributed by atoms with E-state index in [4.69, 9.17) is 4.74 Å². The Kier molecular flexibility index (Phi) is 1.83. The van der Waals surface area contributed by atoms with Crippen molar-refractivity contribution < 1.29 is 15.3 Å². The van der Waals surface area contributed by atoms with Crippen LogP contribution < -0.4 is 5.73 Å². The van der Waals surface area contributed by atoms with E-state index in [1.165, 1.54) is 0 Å². The third kappa shape index (κ3) is 1.50. The molecule has 0 radical (unpaired) electrons. The Morgan fingerprint density at radius 1 is 1.67 bits per heavy atom.